The topological polar surface area (TPSA) is 0 Å². The first-order chi connectivity index (χ1) is 10.6. The first-order valence-electron chi connectivity index (χ1n) is 10.0. The van der Waals surface area contributed by atoms with Crippen molar-refractivity contribution in [3.05, 3.63) is 0 Å². The Morgan fingerprint density at radius 3 is 0.360 bits per heavy atom. The summed E-state index contributed by atoms with van der Waals surface area (Å²) in [7, 11) is -1.43. The molecule has 0 aromatic rings. The third kappa shape index (κ3) is 5.12. The summed E-state index contributed by atoms with van der Waals surface area (Å²) in [6, 6.07) is 0. The van der Waals surface area contributed by atoms with E-state index in [9.17, 15) is 0 Å². The Balaban J connectivity index is 3.84. The second-order valence-corrected chi connectivity index (χ2v) is 46.9. The molecule has 25 heavy (non-hydrogen) atoms. The molecule has 1 aliphatic heterocycles. The van der Waals surface area contributed by atoms with Gasteiger partial charge in [0.2, 0.25) is 0 Å². The fourth-order valence-corrected chi connectivity index (χ4v) is 135. The van der Waals surface area contributed by atoms with Crippen LogP contribution in [-0.2, 0) is 0 Å². The van der Waals surface area contributed by atoms with E-state index in [1.807, 2.05) is 0 Å². The fraction of sp³-hybridized carbons (Fsp3) is 1.00. The number of hydrogen-bond donors (Lipinski definition) is 0. The Labute approximate surface area is 167 Å². The van der Waals surface area contributed by atoms with E-state index in [1.165, 1.54) is 0 Å². The molecule has 145 valence electrons. The highest BCUT2D eigenvalue weighted by Gasteiger charge is 2.67. The second kappa shape index (κ2) is 6.85. The highest BCUT2D eigenvalue weighted by atomic mass is 30.1. The van der Waals surface area contributed by atoms with Crippen LogP contribution < -0.4 is 0 Å². The Bertz CT molecular complexity index is 350. The summed E-state index contributed by atoms with van der Waals surface area (Å²) >= 11 is 0. The van der Waals surface area contributed by atoms with Crippen LogP contribution in [0.25, 0.3) is 0 Å². The smallest absolute Gasteiger partial charge is 0.0302 e. The van der Waals surface area contributed by atoms with E-state index in [0.29, 0.717) is 25.2 Å². The maximum atomic E-state index is 2.63. The Morgan fingerprint density at radius 2 is 0.320 bits per heavy atom. The van der Waals surface area contributed by atoms with Crippen LogP contribution in [0.5, 0.6) is 0 Å². The van der Waals surface area contributed by atoms with Crippen molar-refractivity contribution in [2.45, 2.75) is 129 Å². The molecule has 0 atom stereocenters. The molecule has 0 bridgehead atoms. The predicted octanol–water partition coefficient (Wildman–Crippen LogP) is 6.87. The van der Waals surface area contributed by atoms with Crippen molar-refractivity contribution in [3.8, 4) is 0 Å². The zero-order chi connectivity index (χ0) is 20.4. The third-order valence-electron chi connectivity index (χ3n) is 5.00. The molecule has 1 saturated heterocycles. The van der Waals surface area contributed by atoms with Gasteiger partial charge in [-0.2, -0.15) is 0 Å². The van der Waals surface area contributed by atoms with Gasteiger partial charge in [0, 0.05) is 39.2 Å². The van der Waals surface area contributed by atoms with Gasteiger partial charge in [0.05, 0.1) is 0 Å². The van der Waals surface area contributed by atoms with Crippen LogP contribution in [0.4, 0.5) is 0 Å². The summed E-state index contributed by atoms with van der Waals surface area (Å²) in [6.07, 6.45) is 0. The molecule has 0 unspecified atom stereocenters. The molecule has 1 aliphatic rings. The molecular weight excluding hydrogens is 381 g/mol. The summed E-state index contributed by atoms with van der Waals surface area (Å²) in [4.78, 5) is 0. The minimum absolute atomic E-state index is 0.286. The zero-order valence-electron chi connectivity index (χ0n) is 20.0. The molecule has 0 aliphatic carbocycles. The highest BCUT2D eigenvalue weighted by molar-refractivity contribution is 7.97. The van der Waals surface area contributed by atoms with E-state index in [2.05, 4.69) is 104 Å². The highest BCUT2D eigenvalue weighted by Crippen LogP contribution is 2.56. The van der Waals surface area contributed by atoms with E-state index in [-0.39, 0.29) is 39.2 Å². The molecule has 1 rings (SSSR count). The molecule has 0 aromatic heterocycles. The molecule has 0 spiro atoms. The molecule has 1 fully saturated rings. The van der Waals surface area contributed by atoms with Crippen LogP contribution in [-0.4, -0.2) is 39.2 Å². The molecule has 0 amide bonds. The summed E-state index contributed by atoms with van der Waals surface area (Å²) in [5.41, 5.74) is 0. The van der Waals surface area contributed by atoms with E-state index in [4.69, 9.17) is 0 Å². The van der Waals surface area contributed by atoms with Gasteiger partial charge in [0.15, 0.2) is 0 Å². The first-order valence-corrected chi connectivity index (χ1v) is 22.5. The van der Waals surface area contributed by atoms with Crippen molar-refractivity contribution in [2.24, 2.45) is 0 Å². The number of rotatable bonds is 0. The third-order valence-corrected chi connectivity index (χ3v) is 78.8. The lowest BCUT2D eigenvalue weighted by atomic mass is 10.2. The van der Waals surface area contributed by atoms with Crippen LogP contribution in [0.15, 0.2) is 0 Å². The molecular formula is C20H45Si5. The normalized spacial score (nSPS) is 22.2. The summed E-state index contributed by atoms with van der Waals surface area (Å²) in [6.45, 7) is 39.4. The molecule has 0 nitrogen and oxygen atoms in total. The van der Waals surface area contributed by atoms with E-state index < -0.39 is 0 Å². The van der Waals surface area contributed by atoms with Gasteiger partial charge in [0.1, 0.15) is 0 Å². The lowest BCUT2D eigenvalue weighted by molar-refractivity contribution is 0.720. The lowest BCUT2D eigenvalue weighted by Gasteiger charge is -2.45. The average Bonchev–Trinajstić information content (AvgIpc) is 2.61. The largest absolute Gasteiger partial charge is 0.0633 e. The van der Waals surface area contributed by atoms with Crippen LogP contribution in [0.3, 0.4) is 0 Å². The predicted molar refractivity (Wildman–Crippen MR) is 127 cm³/mol. The Hall–Kier alpha value is 1.08. The minimum Gasteiger partial charge on any atom is -0.0633 e. The molecule has 0 N–H and O–H groups in total. The second-order valence-electron chi connectivity index (χ2n) is 13.1. The van der Waals surface area contributed by atoms with E-state index >= 15 is 0 Å². The number of hydrogen-bond acceptors (Lipinski definition) is 0. The van der Waals surface area contributed by atoms with E-state index in [1.54, 1.807) is 0 Å². The summed E-state index contributed by atoms with van der Waals surface area (Å²) < 4.78 is 0. The van der Waals surface area contributed by atoms with Crippen molar-refractivity contribution in [2.75, 3.05) is 0 Å². The van der Waals surface area contributed by atoms with Crippen LogP contribution in [0.1, 0.15) is 104 Å². The van der Waals surface area contributed by atoms with Crippen molar-refractivity contribution in [3.63, 3.8) is 0 Å². The van der Waals surface area contributed by atoms with Crippen molar-refractivity contribution < 1.29 is 0 Å². The molecule has 1 heterocycles. The standard InChI is InChI=1S/C20H45Si5/c1-16(2,3)21-22(17(4,5)6)24(19(10,11)12)25(20(13,14)15)23(21)18(7,8)9/h1-15H3. The van der Waals surface area contributed by atoms with Crippen molar-refractivity contribution >= 4 is 39.2 Å². The quantitative estimate of drug-likeness (QED) is 0.371. The fourth-order valence-electron chi connectivity index (χ4n) is 4.38. The molecule has 0 saturated carbocycles. The van der Waals surface area contributed by atoms with Gasteiger partial charge in [0.25, 0.3) is 0 Å². The lowest BCUT2D eigenvalue weighted by Crippen LogP contribution is -2.58. The SMILES string of the molecule is CC(C)(C)[Si]1[Si](C(C)(C)C)[Si](C(C)(C)C)[Si](C(C)(C)C)[Si]1C(C)(C)C. The van der Waals surface area contributed by atoms with Gasteiger partial charge in [-0.05, 0) is 25.2 Å². The van der Waals surface area contributed by atoms with Gasteiger partial charge in [-0.25, -0.2) is 0 Å². The van der Waals surface area contributed by atoms with Gasteiger partial charge < -0.3 is 0 Å². The van der Waals surface area contributed by atoms with Gasteiger partial charge in [-0.15, -0.1) is 0 Å². The van der Waals surface area contributed by atoms with Crippen LogP contribution in [0, 0.1) is 0 Å². The van der Waals surface area contributed by atoms with Crippen LogP contribution >= 0.6 is 0 Å². The summed E-state index contributed by atoms with van der Waals surface area (Å²) in [5.74, 6) is 0. The van der Waals surface area contributed by atoms with E-state index in [0.717, 1.165) is 0 Å². The first kappa shape index (κ1) is 24.1. The maximum absolute atomic E-state index is 2.63. The Kier molecular flexibility index (Phi) is 6.61. The van der Waals surface area contributed by atoms with Crippen LogP contribution in [0.2, 0.25) is 25.2 Å². The van der Waals surface area contributed by atoms with Gasteiger partial charge >= 0.3 is 0 Å². The molecule has 5 radical (unpaired) electrons. The molecule has 0 aromatic carbocycles. The Morgan fingerprint density at radius 1 is 0.240 bits per heavy atom. The molecule has 5 heteroatoms. The summed E-state index contributed by atoms with van der Waals surface area (Å²) in [5, 5.41) is 2.88. The van der Waals surface area contributed by atoms with Gasteiger partial charge in [-0.1, -0.05) is 104 Å². The van der Waals surface area contributed by atoms with Gasteiger partial charge in [-0.3, -0.25) is 0 Å². The van der Waals surface area contributed by atoms with Crippen molar-refractivity contribution in [1.82, 2.24) is 0 Å². The maximum Gasteiger partial charge on any atom is 0.0302 e. The zero-order valence-corrected chi connectivity index (χ0v) is 25.0. The average molecular weight is 426 g/mol. The van der Waals surface area contributed by atoms with Crippen molar-refractivity contribution in [1.29, 1.82) is 0 Å². The minimum atomic E-state index is -0.286. The monoisotopic (exact) mass is 425 g/mol.